The molecule has 0 atom stereocenters. The standard InChI is InChI=1S/C25H22FN5O/c1-15-3-7-21-16(11-15)5-8-22(30-21)31-13-18(14-31)24-23(28-9-10-29-24)17-4-6-19(20(26)12-17)25(32)27-2/h3-12,18H,13-14H2,1-2H3,(H,27,32). The Morgan fingerprint density at radius 3 is 2.66 bits per heavy atom. The molecule has 32 heavy (non-hydrogen) atoms. The summed E-state index contributed by atoms with van der Waals surface area (Å²) in [5.74, 6) is 0.0605. The Hall–Kier alpha value is -3.87. The summed E-state index contributed by atoms with van der Waals surface area (Å²) in [7, 11) is 1.48. The van der Waals surface area contributed by atoms with Gasteiger partial charge < -0.3 is 10.2 Å². The minimum atomic E-state index is -0.579. The zero-order valence-electron chi connectivity index (χ0n) is 17.8. The number of nitrogens with one attached hydrogen (secondary N) is 1. The molecule has 7 heteroatoms. The van der Waals surface area contributed by atoms with Crippen molar-refractivity contribution >= 4 is 22.6 Å². The van der Waals surface area contributed by atoms with E-state index in [0.717, 1.165) is 35.5 Å². The average molecular weight is 427 g/mol. The molecule has 1 N–H and O–H groups in total. The molecule has 1 saturated heterocycles. The van der Waals surface area contributed by atoms with Crippen molar-refractivity contribution in [1.82, 2.24) is 20.3 Å². The number of carbonyl (C=O) groups excluding carboxylic acids is 1. The predicted octanol–water partition coefficient (Wildman–Crippen LogP) is 4.10. The monoisotopic (exact) mass is 427 g/mol. The van der Waals surface area contributed by atoms with Crippen molar-refractivity contribution in [2.75, 3.05) is 25.0 Å². The SMILES string of the molecule is CNC(=O)c1ccc(-c2nccnc2C2CN(c3ccc4cc(C)ccc4n3)C2)cc1F. The van der Waals surface area contributed by atoms with E-state index in [4.69, 9.17) is 4.98 Å². The Labute approximate surface area is 185 Å². The Morgan fingerprint density at radius 2 is 1.88 bits per heavy atom. The first-order chi connectivity index (χ1) is 15.5. The topological polar surface area (TPSA) is 71.0 Å². The second-order valence-corrected chi connectivity index (χ2v) is 8.03. The Bertz CT molecular complexity index is 1330. The molecule has 0 saturated carbocycles. The van der Waals surface area contributed by atoms with Gasteiger partial charge in [-0.3, -0.25) is 14.8 Å². The number of nitrogens with zero attached hydrogens (tertiary/aromatic N) is 4. The van der Waals surface area contributed by atoms with Crippen LogP contribution in [-0.4, -0.2) is 41.0 Å². The van der Waals surface area contributed by atoms with Gasteiger partial charge in [0.1, 0.15) is 11.6 Å². The first kappa shape index (κ1) is 20.1. The van der Waals surface area contributed by atoms with Gasteiger partial charge in [-0.15, -0.1) is 0 Å². The second kappa shape index (κ2) is 8.00. The Morgan fingerprint density at radius 1 is 1.06 bits per heavy atom. The number of carbonyl (C=O) groups is 1. The molecule has 6 nitrogen and oxygen atoms in total. The van der Waals surface area contributed by atoms with Gasteiger partial charge in [0.05, 0.1) is 22.5 Å². The summed E-state index contributed by atoms with van der Waals surface area (Å²) in [6, 6.07) is 14.9. The first-order valence-corrected chi connectivity index (χ1v) is 10.5. The fraction of sp³-hybridized carbons (Fsp3) is 0.200. The van der Waals surface area contributed by atoms with Gasteiger partial charge >= 0.3 is 0 Å². The van der Waals surface area contributed by atoms with Crippen LogP contribution < -0.4 is 10.2 Å². The van der Waals surface area contributed by atoms with E-state index in [9.17, 15) is 9.18 Å². The van der Waals surface area contributed by atoms with Crippen molar-refractivity contribution in [2.45, 2.75) is 12.8 Å². The number of aromatic nitrogens is 3. The maximum Gasteiger partial charge on any atom is 0.253 e. The molecule has 0 radical (unpaired) electrons. The normalized spacial score (nSPS) is 13.8. The van der Waals surface area contributed by atoms with Crippen molar-refractivity contribution in [2.24, 2.45) is 0 Å². The van der Waals surface area contributed by atoms with Crippen LogP contribution in [0.25, 0.3) is 22.2 Å². The number of anilines is 1. The lowest BCUT2D eigenvalue weighted by Gasteiger charge is -2.40. The van der Waals surface area contributed by atoms with E-state index in [1.807, 2.05) is 12.1 Å². The highest BCUT2D eigenvalue weighted by molar-refractivity contribution is 5.94. The van der Waals surface area contributed by atoms with Crippen molar-refractivity contribution in [3.05, 3.63) is 83.6 Å². The average Bonchev–Trinajstić information content (AvgIpc) is 2.78. The molecule has 0 bridgehead atoms. The van der Waals surface area contributed by atoms with Crippen LogP contribution in [0.5, 0.6) is 0 Å². The van der Waals surface area contributed by atoms with E-state index in [1.165, 1.54) is 24.7 Å². The van der Waals surface area contributed by atoms with Gasteiger partial charge in [-0.1, -0.05) is 17.7 Å². The van der Waals surface area contributed by atoms with Crippen molar-refractivity contribution < 1.29 is 9.18 Å². The molecular weight excluding hydrogens is 405 g/mol. The molecule has 4 aromatic rings. The summed E-state index contributed by atoms with van der Waals surface area (Å²) < 4.78 is 14.5. The molecule has 2 aromatic heterocycles. The number of halogens is 1. The summed E-state index contributed by atoms with van der Waals surface area (Å²) in [6.07, 6.45) is 3.26. The molecule has 0 aliphatic carbocycles. The van der Waals surface area contributed by atoms with Gasteiger partial charge in [-0.25, -0.2) is 9.37 Å². The number of pyridine rings is 1. The largest absolute Gasteiger partial charge is 0.355 e. The molecule has 0 spiro atoms. The molecule has 1 fully saturated rings. The van der Waals surface area contributed by atoms with Gasteiger partial charge in [0.2, 0.25) is 0 Å². The van der Waals surface area contributed by atoms with Crippen LogP contribution in [0.4, 0.5) is 10.2 Å². The third-order valence-electron chi connectivity index (χ3n) is 5.86. The third kappa shape index (κ3) is 3.56. The highest BCUT2D eigenvalue weighted by atomic mass is 19.1. The second-order valence-electron chi connectivity index (χ2n) is 8.03. The number of fused-ring (bicyclic) bond motifs is 1. The lowest BCUT2D eigenvalue weighted by Crippen LogP contribution is -2.46. The number of hydrogen-bond acceptors (Lipinski definition) is 5. The van der Waals surface area contributed by atoms with E-state index in [2.05, 4.69) is 45.3 Å². The number of aryl methyl sites for hydroxylation is 1. The van der Waals surface area contributed by atoms with Crippen LogP contribution in [0.2, 0.25) is 0 Å². The fourth-order valence-corrected chi connectivity index (χ4v) is 4.10. The molecule has 2 aromatic carbocycles. The van der Waals surface area contributed by atoms with Gasteiger partial charge in [0.15, 0.2) is 0 Å². The summed E-state index contributed by atoms with van der Waals surface area (Å²) >= 11 is 0. The lowest BCUT2D eigenvalue weighted by atomic mass is 9.92. The molecule has 5 rings (SSSR count). The van der Waals surface area contributed by atoms with Crippen LogP contribution in [0.1, 0.15) is 27.5 Å². The van der Waals surface area contributed by atoms with Gasteiger partial charge in [-0.2, -0.15) is 0 Å². The summed E-state index contributed by atoms with van der Waals surface area (Å²) in [5, 5.41) is 3.57. The molecular formula is C25H22FN5O. The zero-order chi connectivity index (χ0) is 22.2. The Kier molecular flexibility index (Phi) is 5.01. The summed E-state index contributed by atoms with van der Waals surface area (Å²) in [6.45, 7) is 3.59. The maximum atomic E-state index is 14.5. The van der Waals surface area contributed by atoms with Crippen LogP contribution in [0.15, 0.2) is 60.9 Å². The third-order valence-corrected chi connectivity index (χ3v) is 5.86. The van der Waals surface area contributed by atoms with E-state index < -0.39 is 11.7 Å². The fourth-order valence-electron chi connectivity index (χ4n) is 4.10. The van der Waals surface area contributed by atoms with Crippen molar-refractivity contribution in [1.29, 1.82) is 0 Å². The van der Waals surface area contributed by atoms with E-state index in [0.29, 0.717) is 11.3 Å². The number of hydrogen-bond donors (Lipinski definition) is 1. The van der Waals surface area contributed by atoms with Gasteiger partial charge in [0, 0.05) is 49.4 Å². The van der Waals surface area contributed by atoms with E-state index >= 15 is 0 Å². The quantitative estimate of drug-likeness (QED) is 0.531. The van der Waals surface area contributed by atoms with Crippen LogP contribution in [-0.2, 0) is 0 Å². The van der Waals surface area contributed by atoms with E-state index in [-0.39, 0.29) is 11.5 Å². The number of rotatable bonds is 4. The summed E-state index contributed by atoms with van der Waals surface area (Å²) in [4.78, 5) is 27.8. The van der Waals surface area contributed by atoms with Crippen LogP contribution in [0, 0.1) is 12.7 Å². The maximum absolute atomic E-state index is 14.5. The van der Waals surface area contributed by atoms with Crippen molar-refractivity contribution in [3.63, 3.8) is 0 Å². The molecule has 0 unspecified atom stereocenters. The highest BCUT2D eigenvalue weighted by Gasteiger charge is 2.32. The zero-order valence-corrected chi connectivity index (χ0v) is 17.8. The molecule has 3 heterocycles. The molecule has 160 valence electrons. The van der Waals surface area contributed by atoms with Crippen LogP contribution in [0.3, 0.4) is 0 Å². The minimum Gasteiger partial charge on any atom is -0.355 e. The van der Waals surface area contributed by atoms with Gasteiger partial charge in [-0.05, 0) is 43.3 Å². The first-order valence-electron chi connectivity index (χ1n) is 10.5. The van der Waals surface area contributed by atoms with Crippen LogP contribution >= 0.6 is 0 Å². The summed E-state index contributed by atoms with van der Waals surface area (Å²) in [5.41, 5.74) is 4.27. The Balaban J connectivity index is 1.38. The number of amides is 1. The molecule has 1 aliphatic rings. The predicted molar refractivity (Wildman–Crippen MR) is 122 cm³/mol. The molecule has 1 aliphatic heterocycles. The van der Waals surface area contributed by atoms with Gasteiger partial charge in [0.25, 0.3) is 5.91 Å². The van der Waals surface area contributed by atoms with Crippen molar-refractivity contribution in [3.8, 4) is 11.3 Å². The minimum absolute atomic E-state index is 0.00841. The van der Waals surface area contributed by atoms with E-state index in [1.54, 1.807) is 18.5 Å². The lowest BCUT2D eigenvalue weighted by molar-refractivity contribution is 0.0959. The highest BCUT2D eigenvalue weighted by Crippen LogP contribution is 2.35. The molecule has 1 amide bonds. The smallest absolute Gasteiger partial charge is 0.253 e. The number of benzene rings is 2.